The van der Waals surface area contributed by atoms with E-state index < -0.39 is 20.6 Å². The monoisotopic (exact) mass is 303 g/mol. The van der Waals surface area contributed by atoms with Crippen LogP contribution < -0.4 is 4.72 Å². The Morgan fingerprint density at radius 3 is 2.68 bits per heavy atom. The molecule has 0 radical (unpaired) electrons. The predicted octanol–water partition coefficient (Wildman–Crippen LogP) is 1.75. The van der Waals surface area contributed by atoms with Gasteiger partial charge in [-0.2, -0.15) is 5.26 Å². The maximum atomic E-state index is 11.9. The highest BCUT2D eigenvalue weighted by molar-refractivity contribution is 7.89. The van der Waals surface area contributed by atoms with Crippen molar-refractivity contribution in [1.82, 2.24) is 4.72 Å². The van der Waals surface area contributed by atoms with Crippen LogP contribution in [0.2, 0.25) is 5.02 Å². The van der Waals surface area contributed by atoms with Crippen molar-refractivity contribution in [3.05, 3.63) is 32.8 Å². The molecule has 0 aromatic heterocycles. The molecule has 0 atom stereocenters. The first-order valence-electron chi connectivity index (χ1n) is 5.10. The molecular weight excluding hydrogens is 294 g/mol. The van der Waals surface area contributed by atoms with Crippen LogP contribution in [0.25, 0.3) is 0 Å². The van der Waals surface area contributed by atoms with E-state index in [-0.39, 0.29) is 22.9 Å². The van der Waals surface area contributed by atoms with E-state index in [2.05, 4.69) is 4.72 Å². The molecular formula is C10H10ClN3O4S. The lowest BCUT2D eigenvalue weighted by Gasteiger charge is -2.08. The molecule has 102 valence electrons. The number of aryl methyl sites for hydroxylation is 1. The third-order valence-electron chi connectivity index (χ3n) is 2.26. The topological polar surface area (TPSA) is 113 Å². The van der Waals surface area contributed by atoms with Gasteiger partial charge in [-0.15, -0.1) is 0 Å². The summed E-state index contributed by atoms with van der Waals surface area (Å²) in [6.45, 7) is 1.42. The van der Waals surface area contributed by atoms with E-state index >= 15 is 0 Å². The van der Waals surface area contributed by atoms with Gasteiger partial charge in [0.05, 0.1) is 15.9 Å². The summed E-state index contributed by atoms with van der Waals surface area (Å²) in [5.41, 5.74) is -0.187. The Hall–Kier alpha value is -1.69. The standard InChI is InChI=1S/C10H10ClN3O4S/c1-7-5-8(11)9(14(15)16)6-10(7)19(17,18)13-4-2-3-12/h5-6,13H,2,4H2,1H3. The summed E-state index contributed by atoms with van der Waals surface area (Å²) >= 11 is 5.67. The molecule has 0 fully saturated rings. The Morgan fingerprint density at radius 2 is 2.16 bits per heavy atom. The van der Waals surface area contributed by atoms with E-state index in [4.69, 9.17) is 16.9 Å². The molecule has 0 spiro atoms. The Labute approximate surface area is 115 Å². The lowest BCUT2D eigenvalue weighted by molar-refractivity contribution is -0.384. The second-order valence-electron chi connectivity index (χ2n) is 3.63. The minimum Gasteiger partial charge on any atom is -0.258 e. The average molecular weight is 304 g/mol. The lowest BCUT2D eigenvalue weighted by atomic mass is 10.2. The van der Waals surface area contributed by atoms with Crippen molar-refractivity contribution in [3.63, 3.8) is 0 Å². The summed E-state index contributed by atoms with van der Waals surface area (Å²) in [4.78, 5) is 9.76. The molecule has 0 saturated carbocycles. The molecule has 19 heavy (non-hydrogen) atoms. The van der Waals surface area contributed by atoms with Gasteiger partial charge in [-0.25, -0.2) is 13.1 Å². The maximum Gasteiger partial charge on any atom is 0.289 e. The summed E-state index contributed by atoms with van der Waals surface area (Å²) in [5, 5.41) is 19.0. The van der Waals surface area contributed by atoms with Gasteiger partial charge in [0.2, 0.25) is 10.0 Å². The second-order valence-corrected chi connectivity index (χ2v) is 5.77. The van der Waals surface area contributed by atoms with Crippen molar-refractivity contribution in [2.45, 2.75) is 18.2 Å². The molecule has 0 saturated heterocycles. The van der Waals surface area contributed by atoms with E-state index in [1.807, 2.05) is 0 Å². The van der Waals surface area contributed by atoms with Crippen LogP contribution in [-0.4, -0.2) is 19.9 Å². The number of nitrogens with one attached hydrogen (secondary N) is 1. The lowest BCUT2D eigenvalue weighted by Crippen LogP contribution is -2.25. The number of sulfonamides is 1. The molecule has 1 aromatic rings. The van der Waals surface area contributed by atoms with E-state index in [0.717, 1.165) is 6.07 Å². The number of hydrogen-bond acceptors (Lipinski definition) is 5. The number of nitro benzene ring substituents is 1. The molecule has 0 aliphatic carbocycles. The number of rotatable bonds is 5. The van der Waals surface area contributed by atoms with Gasteiger partial charge in [0.15, 0.2) is 0 Å². The van der Waals surface area contributed by atoms with Gasteiger partial charge in [0, 0.05) is 19.0 Å². The Balaban J connectivity index is 3.24. The summed E-state index contributed by atoms with van der Waals surface area (Å²) in [6.07, 6.45) is 0.00790. The van der Waals surface area contributed by atoms with Crippen molar-refractivity contribution in [2.75, 3.05) is 6.54 Å². The second kappa shape index (κ2) is 5.97. The maximum absolute atomic E-state index is 11.9. The molecule has 0 amide bonds. The molecule has 1 rings (SSSR count). The van der Waals surface area contributed by atoms with Crippen molar-refractivity contribution in [3.8, 4) is 6.07 Å². The fourth-order valence-corrected chi connectivity index (χ4v) is 2.95. The van der Waals surface area contributed by atoms with E-state index in [1.165, 1.54) is 13.0 Å². The highest BCUT2D eigenvalue weighted by Gasteiger charge is 2.23. The minimum atomic E-state index is -3.90. The third kappa shape index (κ3) is 3.64. The minimum absolute atomic E-state index is 0.00790. The van der Waals surface area contributed by atoms with E-state index in [9.17, 15) is 18.5 Å². The highest BCUT2D eigenvalue weighted by Crippen LogP contribution is 2.29. The smallest absolute Gasteiger partial charge is 0.258 e. The molecule has 1 aromatic carbocycles. The SMILES string of the molecule is Cc1cc(Cl)c([N+](=O)[O-])cc1S(=O)(=O)NCCC#N. The van der Waals surface area contributed by atoms with Gasteiger partial charge >= 0.3 is 0 Å². The Bertz CT molecular complexity index is 651. The average Bonchev–Trinajstić information content (AvgIpc) is 2.28. The van der Waals surface area contributed by atoms with Crippen LogP contribution in [0.3, 0.4) is 0 Å². The number of nitrogens with zero attached hydrogens (tertiary/aromatic N) is 2. The Morgan fingerprint density at radius 1 is 1.53 bits per heavy atom. The van der Waals surface area contributed by atoms with E-state index in [1.54, 1.807) is 6.07 Å². The summed E-state index contributed by atoms with van der Waals surface area (Å²) in [5.74, 6) is 0. The van der Waals surface area contributed by atoms with Crippen LogP contribution in [0.15, 0.2) is 17.0 Å². The zero-order valence-electron chi connectivity index (χ0n) is 9.88. The Kier molecular flexibility index (Phi) is 4.83. The fraction of sp³-hybridized carbons (Fsp3) is 0.300. The van der Waals surface area contributed by atoms with Crippen LogP contribution in [-0.2, 0) is 10.0 Å². The van der Waals surface area contributed by atoms with Crippen molar-refractivity contribution >= 4 is 27.3 Å². The largest absolute Gasteiger partial charge is 0.289 e. The summed E-state index contributed by atoms with van der Waals surface area (Å²) in [6, 6.07) is 3.92. The van der Waals surface area contributed by atoms with Crippen LogP contribution in [0, 0.1) is 28.4 Å². The van der Waals surface area contributed by atoms with E-state index in [0.29, 0.717) is 5.56 Å². The van der Waals surface area contributed by atoms with Gasteiger partial charge in [-0.1, -0.05) is 11.6 Å². The number of nitriles is 1. The molecule has 0 aliphatic rings. The number of halogens is 1. The predicted molar refractivity (Wildman–Crippen MR) is 68.3 cm³/mol. The number of hydrogen-bond donors (Lipinski definition) is 1. The van der Waals surface area contributed by atoms with Crippen LogP contribution in [0.4, 0.5) is 5.69 Å². The summed E-state index contributed by atoms with van der Waals surface area (Å²) in [7, 11) is -3.90. The zero-order valence-corrected chi connectivity index (χ0v) is 11.5. The first-order valence-corrected chi connectivity index (χ1v) is 6.97. The van der Waals surface area contributed by atoms with Crippen molar-refractivity contribution < 1.29 is 13.3 Å². The van der Waals surface area contributed by atoms with Gasteiger partial charge in [0.1, 0.15) is 5.02 Å². The molecule has 9 heteroatoms. The van der Waals surface area contributed by atoms with Gasteiger partial charge in [-0.05, 0) is 18.6 Å². The molecule has 7 nitrogen and oxygen atoms in total. The molecule has 0 heterocycles. The molecule has 0 unspecified atom stereocenters. The first kappa shape index (κ1) is 15.4. The molecule has 0 bridgehead atoms. The fourth-order valence-electron chi connectivity index (χ4n) is 1.39. The van der Waals surface area contributed by atoms with Gasteiger partial charge in [-0.3, -0.25) is 10.1 Å². The highest BCUT2D eigenvalue weighted by atomic mass is 35.5. The van der Waals surface area contributed by atoms with Crippen LogP contribution in [0.5, 0.6) is 0 Å². The van der Waals surface area contributed by atoms with Crippen LogP contribution in [0.1, 0.15) is 12.0 Å². The first-order chi connectivity index (χ1) is 8.79. The number of nitro groups is 1. The van der Waals surface area contributed by atoms with Crippen molar-refractivity contribution in [2.24, 2.45) is 0 Å². The number of benzene rings is 1. The molecule has 0 aliphatic heterocycles. The third-order valence-corrected chi connectivity index (χ3v) is 4.17. The van der Waals surface area contributed by atoms with Gasteiger partial charge in [0.25, 0.3) is 5.69 Å². The zero-order chi connectivity index (χ0) is 14.6. The molecule has 1 N–H and O–H groups in total. The van der Waals surface area contributed by atoms with Crippen molar-refractivity contribution in [1.29, 1.82) is 5.26 Å². The summed E-state index contributed by atoms with van der Waals surface area (Å²) < 4.78 is 26.0. The normalized spacial score (nSPS) is 11.0. The van der Waals surface area contributed by atoms with Gasteiger partial charge < -0.3 is 0 Å². The quantitative estimate of drug-likeness (QED) is 0.505. The van der Waals surface area contributed by atoms with Crippen LogP contribution >= 0.6 is 11.6 Å².